The molecule has 1 fully saturated rings. The lowest BCUT2D eigenvalue weighted by atomic mass is 9.81. The van der Waals surface area contributed by atoms with Crippen molar-refractivity contribution in [2.45, 2.75) is 49.8 Å². The van der Waals surface area contributed by atoms with Gasteiger partial charge in [0, 0.05) is 24.6 Å². The molecule has 5 nitrogen and oxygen atoms in total. The number of hydrogen-bond acceptors (Lipinski definition) is 3. The van der Waals surface area contributed by atoms with E-state index in [-0.39, 0.29) is 16.2 Å². The summed E-state index contributed by atoms with van der Waals surface area (Å²) in [6.07, 6.45) is 4.33. The van der Waals surface area contributed by atoms with Crippen LogP contribution >= 0.6 is 0 Å². The lowest BCUT2D eigenvalue weighted by Gasteiger charge is -2.25. The predicted molar refractivity (Wildman–Crippen MR) is 107 cm³/mol. The molecular weight excluding hydrogens is 360 g/mol. The molecule has 2 aromatic carbocycles. The first-order valence-electron chi connectivity index (χ1n) is 9.34. The molecule has 1 aliphatic heterocycles. The van der Waals surface area contributed by atoms with Gasteiger partial charge in [-0.2, -0.15) is 0 Å². The monoisotopic (exact) mass is 384 g/mol. The lowest BCUT2D eigenvalue weighted by Crippen LogP contribution is -2.35. The second-order valence-corrected chi connectivity index (χ2v) is 9.54. The molecule has 1 N–H and O–H groups in total. The van der Waals surface area contributed by atoms with Crippen LogP contribution in [-0.4, -0.2) is 20.9 Å². The van der Waals surface area contributed by atoms with E-state index in [1.807, 2.05) is 25.1 Å². The summed E-state index contributed by atoms with van der Waals surface area (Å²) in [6.45, 7) is 3.76. The van der Waals surface area contributed by atoms with Gasteiger partial charge < -0.3 is 5.32 Å². The number of para-hydroxylation sites is 1. The zero-order valence-corrected chi connectivity index (χ0v) is 16.5. The van der Waals surface area contributed by atoms with E-state index in [2.05, 4.69) is 11.4 Å². The molecule has 0 bridgehead atoms. The SMILES string of the molecule is CC(=O)Nc1cc(S(=O)(=O)N2CC3(CCCC3)c3ccccc32)ccc1C. The summed E-state index contributed by atoms with van der Waals surface area (Å²) in [6, 6.07) is 12.8. The Balaban J connectivity index is 1.78. The van der Waals surface area contributed by atoms with Gasteiger partial charge in [-0.1, -0.05) is 37.1 Å². The Morgan fingerprint density at radius 2 is 1.81 bits per heavy atom. The molecule has 2 aliphatic rings. The third-order valence-electron chi connectivity index (χ3n) is 5.86. The molecule has 1 spiro atoms. The van der Waals surface area contributed by atoms with Crippen molar-refractivity contribution >= 4 is 27.3 Å². The number of amides is 1. The normalized spacial score (nSPS) is 17.9. The van der Waals surface area contributed by atoms with Gasteiger partial charge in [0.1, 0.15) is 0 Å². The molecule has 0 radical (unpaired) electrons. The summed E-state index contributed by atoms with van der Waals surface area (Å²) >= 11 is 0. The number of nitrogens with zero attached hydrogens (tertiary/aromatic N) is 1. The zero-order chi connectivity index (χ0) is 19.2. The van der Waals surface area contributed by atoms with Gasteiger partial charge in [-0.15, -0.1) is 0 Å². The number of anilines is 2. The molecule has 1 heterocycles. The van der Waals surface area contributed by atoms with Gasteiger partial charge in [-0.25, -0.2) is 8.42 Å². The van der Waals surface area contributed by atoms with E-state index >= 15 is 0 Å². The number of sulfonamides is 1. The molecule has 1 saturated carbocycles. The average molecular weight is 385 g/mol. The minimum Gasteiger partial charge on any atom is -0.326 e. The van der Waals surface area contributed by atoms with Crippen LogP contribution in [0.15, 0.2) is 47.4 Å². The Kier molecular flexibility index (Phi) is 4.26. The maximum atomic E-state index is 13.5. The number of carbonyl (C=O) groups is 1. The van der Waals surface area contributed by atoms with Crippen LogP contribution in [0.4, 0.5) is 11.4 Å². The number of carbonyl (C=O) groups excluding carboxylic acids is 1. The van der Waals surface area contributed by atoms with Crippen molar-refractivity contribution in [1.82, 2.24) is 0 Å². The van der Waals surface area contributed by atoms with Crippen LogP contribution in [0, 0.1) is 6.92 Å². The highest BCUT2D eigenvalue weighted by atomic mass is 32.2. The van der Waals surface area contributed by atoms with E-state index in [4.69, 9.17) is 0 Å². The number of benzene rings is 2. The molecule has 0 atom stereocenters. The van der Waals surface area contributed by atoms with Crippen LogP contribution in [0.5, 0.6) is 0 Å². The molecule has 0 unspecified atom stereocenters. The quantitative estimate of drug-likeness (QED) is 0.871. The third-order valence-corrected chi connectivity index (χ3v) is 7.61. The van der Waals surface area contributed by atoms with Crippen molar-refractivity contribution in [2.75, 3.05) is 16.2 Å². The number of nitrogens with one attached hydrogen (secondary N) is 1. The fourth-order valence-electron chi connectivity index (χ4n) is 4.49. The smallest absolute Gasteiger partial charge is 0.264 e. The maximum Gasteiger partial charge on any atom is 0.264 e. The van der Waals surface area contributed by atoms with E-state index in [0.717, 1.165) is 42.5 Å². The first-order chi connectivity index (χ1) is 12.8. The van der Waals surface area contributed by atoms with E-state index in [1.165, 1.54) is 6.92 Å². The highest BCUT2D eigenvalue weighted by Gasteiger charge is 2.47. The highest BCUT2D eigenvalue weighted by Crippen LogP contribution is 2.51. The number of rotatable bonds is 3. The molecule has 4 rings (SSSR count). The molecule has 0 aromatic heterocycles. The molecule has 27 heavy (non-hydrogen) atoms. The standard InChI is InChI=1S/C21H24N2O3S/c1-15-9-10-17(13-19(15)22-16(2)24)27(25,26)23-14-21(11-5-6-12-21)18-7-3-4-8-20(18)23/h3-4,7-10,13H,5-6,11-12,14H2,1-2H3,(H,22,24). The summed E-state index contributed by atoms with van der Waals surface area (Å²) in [4.78, 5) is 11.7. The predicted octanol–water partition coefficient (Wildman–Crippen LogP) is 3.97. The Morgan fingerprint density at radius 1 is 1.11 bits per heavy atom. The second kappa shape index (κ2) is 6.37. The lowest BCUT2D eigenvalue weighted by molar-refractivity contribution is -0.114. The van der Waals surface area contributed by atoms with Crippen molar-refractivity contribution < 1.29 is 13.2 Å². The molecule has 1 aliphatic carbocycles. The number of aryl methyl sites for hydroxylation is 1. The largest absolute Gasteiger partial charge is 0.326 e. The first kappa shape index (κ1) is 18.0. The third kappa shape index (κ3) is 2.92. The summed E-state index contributed by atoms with van der Waals surface area (Å²) in [5.41, 5.74) is 3.25. The highest BCUT2D eigenvalue weighted by molar-refractivity contribution is 7.92. The maximum absolute atomic E-state index is 13.5. The molecule has 1 amide bonds. The van der Waals surface area contributed by atoms with E-state index in [0.29, 0.717) is 12.2 Å². The molecule has 0 saturated heterocycles. The second-order valence-electron chi connectivity index (χ2n) is 7.67. The van der Waals surface area contributed by atoms with Crippen molar-refractivity contribution in [2.24, 2.45) is 0 Å². The molecule has 142 valence electrons. The van der Waals surface area contributed by atoms with Crippen molar-refractivity contribution in [3.63, 3.8) is 0 Å². The Bertz CT molecular complexity index is 1010. The summed E-state index contributed by atoms with van der Waals surface area (Å²) in [5, 5.41) is 2.72. The Hall–Kier alpha value is -2.34. The minimum atomic E-state index is -3.71. The molecule has 2 aromatic rings. The van der Waals surface area contributed by atoms with Crippen LogP contribution in [0.3, 0.4) is 0 Å². The average Bonchev–Trinajstić information content (AvgIpc) is 3.23. The fraction of sp³-hybridized carbons (Fsp3) is 0.381. The van der Waals surface area contributed by atoms with E-state index < -0.39 is 10.0 Å². The van der Waals surface area contributed by atoms with Gasteiger partial charge in [-0.3, -0.25) is 9.10 Å². The summed E-state index contributed by atoms with van der Waals surface area (Å²) in [5.74, 6) is -0.218. The fourth-order valence-corrected chi connectivity index (χ4v) is 6.09. The summed E-state index contributed by atoms with van der Waals surface area (Å²) in [7, 11) is -3.71. The topological polar surface area (TPSA) is 66.5 Å². The first-order valence-corrected chi connectivity index (χ1v) is 10.8. The van der Waals surface area contributed by atoms with E-state index in [9.17, 15) is 13.2 Å². The van der Waals surface area contributed by atoms with Crippen LogP contribution in [-0.2, 0) is 20.2 Å². The number of hydrogen-bond donors (Lipinski definition) is 1. The Morgan fingerprint density at radius 3 is 2.52 bits per heavy atom. The van der Waals surface area contributed by atoms with Gasteiger partial charge in [0.25, 0.3) is 10.0 Å². The molecular formula is C21H24N2O3S. The minimum absolute atomic E-state index is 0.0607. The van der Waals surface area contributed by atoms with Gasteiger partial charge in [-0.05, 0) is 49.1 Å². The van der Waals surface area contributed by atoms with Gasteiger partial charge in [0.2, 0.25) is 5.91 Å². The van der Waals surface area contributed by atoms with Crippen molar-refractivity contribution in [3.05, 3.63) is 53.6 Å². The van der Waals surface area contributed by atoms with Crippen LogP contribution in [0.25, 0.3) is 0 Å². The van der Waals surface area contributed by atoms with Crippen LogP contribution in [0.2, 0.25) is 0 Å². The zero-order valence-electron chi connectivity index (χ0n) is 15.7. The summed E-state index contributed by atoms with van der Waals surface area (Å²) < 4.78 is 28.6. The van der Waals surface area contributed by atoms with Crippen molar-refractivity contribution in [1.29, 1.82) is 0 Å². The van der Waals surface area contributed by atoms with Gasteiger partial charge in [0.15, 0.2) is 0 Å². The molecule has 6 heteroatoms. The van der Waals surface area contributed by atoms with Gasteiger partial charge >= 0.3 is 0 Å². The van der Waals surface area contributed by atoms with E-state index in [1.54, 1.807) is 22.5 Å². The van der Waals surface area contributed by atoms with Gasteiger partial charge in [0.05, 0.1) is 10.6 Å². The van der Waals surface area contributed by atoms with Crippen molar-refractivity contribution in [3.8, 4) is 0 Å². The van der Waals surface area contributed by atoms with Crippen LogP contribution in [0.1, 0.15) is 43.7 Å². The Labute approximate surface area is 160 Å². The number of fused-ring (bicyclic) bond motifs is 2. The van der Waals surface area contributed by atoms with Crippen LogP contribution < -0.4 is 9.62 Å².